The van der Waals surface area contributed by atoms with Crippen LogP contribution >= 0.6 is 11.8 Å². The summed E-state index contributed by atoms with van der Waals surface area (Å²) in [4.78, 5) is 0.946. The van der Waals surface area contributed by atoms with Gasteiger partial charge in [-0.25, -0.2) is 0 Å². The summed E-state index contributed by atoms with van der Waals surface area (Å²) in [6.07, 6.45) is 4.04. The number of fused-ring (bicyclic) bond motifs is 2. The summed E-state index contributed by atoms with van der Waals surface area (Å²) in [5.41, 5.74) is 8.37. The number of benzene rings is 1. The van der Waals surface area contributed by atoms with Crippen LogP contribution in [0.3, 0.4) is 0 Å². The Kier molecular flexibility index (Phi) is 3.48. The van der Waals surface area contributed by atoms with E-state index >= 15 is 0 Å². The monoisotopic (exact) mass is 279 g/mol. The van der Waals surface area contributed by atoms with E-state index < -0.39 is 0 Å². The lowest BCUT2D eigenvalue weighted by Crippen LogP contribution is -2.03. The molecule has 0 unspecified atom stereocenters. The Morgan fingerprint density at radius 1 is 1.11 bits per heavy atom. The van der Waals surface area contributed by atoms with E-state index in [1.54, 1.807) is 12.5 Å². The van der Waals surface area contributed by atoms with E-state index in [0.717, 1.165) is 38.8 Å². The van der Waals surface area contributed by atoms with Gasteiger partial charge in [-0.05, 0) is 25.1 Å². The van der Waals surface area contributed by atoms with Crippen LogP contribution in [0.1, 0.15) is 5.56 Å². The van der Waals surface area contributed by atoms with Gasteiger partial charge in [0.15, 0.2) is 0 Å². The molecule has 0 aliphatic heterocycles. The van der Waals surface area contributed by atoms with Crippen molar-refractivity contribution in [1.82, 2.24) is 0 Å². The van der Waals surface area contributed by atoms with Gasteiger partial charge in [0.2, 0.25) is 0 Å². The Morgan fingerprint density at radius 2 is 1.84 bits per heavy atom. The van der Waals surface area contributed by atoms with Crippen LogP contribution in [0, 0.1) is 0 Å². The number of nitrogens with two attached hydrogens (primary N) is 1. The molecule has 2 heterocycles. The molecule has 0 aliphatic rings. The molecule has 0 fully saturated rings. The van der Waals surface area contributed by atoms with Crippen LogP contribution in [0.25, 0.3) is 21.9 Å². The Morgan fingerprint density at radius 3 is 2.58 bits per heavy atom. The van der Waals surface area contributed by atoms with Crippen molar-refractivity contribution in [1.29, 1.82) is 0 Å². The first-order chi connectivity index (χ1) is 9.36. The zero-order chi connectivity index (χ0) is 13.2. The number of rotatable bonds is 5. The molecule has 1 aromatic carbocycles. The Balaban J connectivity index is 2.30. The molecule has 5 heteroatoms. The predicted octanol–water partition coefficient (Wildman–Crippen LogP) is 3.74. The summed E-state index contributed by atoms with van der Waals surface area (Å²) in [6, 6.07) is 3.82. The summed E-state index contributed by atoms with van der Waals surface area (Å²) in [6.45, 7) is 0.184. The second-order valence-corrected chi connectivity index (χ2v) is 5.32. The van der Waals surface area contributed by atoms with Crippen LogP contribution in [0.5, 0.6) is 0 Å². The van der Waals surface area contributed by atoms with Gasteiger partial charge in [0.05, 0.1) is 24.1 Å². The van der Waals surface area contributed by atoms with Crippen molar-refractivity contribution in [3.8, 4) is 0 Å². The average molecular weight is 279 g/mol. The highest BCUT2D eigenvalue weighted by Gasteiger charge is 2.18. The quantitative estimate of drug-likeness (QED) is 0.723. The molecule has 0 bridgehead atoms. The van der Waals surface area contributed by atoms with Gasteiger partial charge >= 0.3 is 0 Å². The van der Waals surface area contributed by atoms with Crippen LogP contribution in [0.2, 0.25) is 0 Å². The fourth-order valence-corrected chi connectivity index (χ4v) is 3.25. The molecule has 0 saturated carbocycles. The van der Waals surface area contributed by atoms with Crippen LogP contribution < -0.4 is 5.73 Å². The van der Waals surface area contributed by atoms with Crippen LogP contribution in [0.15, 0.2) is 38.4 Å². The number of halogens is 1. The lowest BCUT2D eigenvalue weighted by molar-refractivity contribution is 0.532. The van der Waals surface area contributed by atoms with E-state index in [1.165, 1.54) is 11.8 Å². The van der Waals surface area contributed by atoms with Crippen molar-refractivity contribution in [2.45, 2.75) is 11.3 Å². The molecule has 0 aliphatic carbocycles. The molecule has 0 amide bonds. The van der Waals surface area contributed by atoms with Crippen molar-refractivity contribution in [2.75, 3.05) is 19.0 Å². The van der Waals surface area contributed by atoms with E-state index in [2.05, 4.69) is 0 Å². The molecule has 2 aromatic heterocycles. The molecule has 3 nitrogen and oxygen atoms in total. The minimum Gasteiger partial charge on any atom is -0.464 e. The molecular weight excluding hydrogens is 265 g/mol. The largest absolute Gasteiger partial charge is 0.464 e. The molecule has 0 atom stereocenters. The van der Waals surface area contributed by atoms with E-state index in [0.29, 0.717) is 12.3 Å². The van der Waals surface area contributed by atoms with E-state index in [-0.39, 0.29) is 6.67 Å². The van der Waals surface area contributed by atoms with Crippen LogP contribution in [0.4, 0.5) is 4.39 Å². The van der Waals surface area contributed by atoms with Gasteiger partial charge in [-0.15, -0.1) is 11.8 Å². The van der Waals surface area contributed by atoms with Crippen molar-refractivity contribution >= 4 is 33.7 Å². The van der Waals surface area contributed by atoms with Gasteiger partial charge in [-0.1, -0.05) is 0 Å². The average Bonchev–Trinajstić information content (AvgIpc) is 3.06. The molecule has 3 rings (SSSR count). The van der Waals surface area contributed by atoms with Crippen LogP contribution in [-0.4, -0.2) is 19.0 Å². The van der Waals surface area contributed by atoms with E-state index in [1.807, 2.05) is 12.1 Å². The smallest absolute Gasteiger partial charge is 0.148 e. The minimum absolute atomic E-state index is 0.364. The third kappa shape index (κ3) is 2.03. The summed E-state index contributed by atoms with van der Waals surface area (Å²) in [5.74, 6) is 0.409. The molecule has 0 spiro atoms. The maximum Gasteiger partial charge on any atom is 0.148 e. The maximum absolute atomic E-state index is 12.4. The highest BCUT2D eigenvalue weighted by atomic mass is 32.2. The summed E-state index contributed by atoms with van der Waals surface area (Å²) in [5, 5.41) is 1.98. The molecule has 0 radical (unpaired) electrons. The molecule has 0 saturated heterocycles. The number of hydrogen-bond acceptors (Lipinski definition) is 4. The second-order valence-electron chi connectivity index (χ2n) is 4.21. The Hall–Kier alpha value is -1.46. The third-order valence-corrected chi connectivity index (χ3v) is 4.15. The number of alkyl halides is 1. The summed E-state index contributed by atoms with van der Waals surface area (Å²) >= 11 is 1.46. The van der Waals surface area contributed by atoms with Crippen LogP contribution in [-0.2, 0) is 6.42 Å². The number of hydrogen-bond donors (Lipinski definition) is 1. The van der Waals surface area contributed by atoms with E-state index in [4.69, 9.17) is 14.6 Å². The van der Waals surface area contributed by atoms with Gasteiger partial charge in [-0.2, -0.15) is 0 Å². The number of furan rings is 2. The fraction of sp³-hybridized carbons (Fsp3) is 0.286. The number of thioether (sulfide) groups is 1. The zero-order valence-corrected chi connectivity index (χ0v) is 11.1. The lowest BCUT2D eigenvalue weighted by atomic mass is 10.0. The first kappa shape index (κ1) is 12.6. The van der Waals surface area contributed by atoms with Crippen molar-refractivity contribution < 1.29 is 13.2 Å². The SMILES string of the molecule is NCCc1c2ccoc2c(SCCF)c2ccoc12. The molecule has 19 heavy (non-hydrogen) atoms. The van der Waals surface area contributed by atoms with Gasteiger partial charge in [0.25, 0.3) is 0 Å². The fourth-order valence-electron chi connectivity index (χ4n) is 2.37. The Bertz CT molecular complexity index is 652. The molecule has 2 N–H and O–H groups in total. The summed E-state index contributed by atoms with van der Waals surface area (Å²) < 4.78 is 23.6. The minimum atomic E-state index is -0.364. The zero-order valence-electron chi connectivity index (χ0n) is 10.3. The first-order valence-electron chi connectivity index (χ1n) is 6.15. The van der Waals surface area contributed by atoms with Crippen molar-refractivity contribution in [3.63, 3.8) is 0 Å². The lowest BCUT2D eigenvalue weighted by Gasteiger charge is -2.08. The highest BCUT2D eigenvalue weighted by Crippen LogP contribution is 2.39. The summed E-state index contributed by atoms with van der Waals surface area (Å²) in [7, 11) is 0. The van der Waals surface area contributed by atoms with Crippen molar-refractivity contribution in [3.05, 3.63) is 30.2 Å². The first-order valence-corrected chi connectivity index (χ1v) is 7.13. The molecule has 3 aromatic rings. The second kappa shape index (κ2) is 5.27. The van der Waals surface area contributed by atoms with Gasteiger partial charge in [-0.3, -0.25) is 4.39 Å². The van der Waals surface area contributed by atoms with Gasteiger partial charge in [0.1, 0.15) is 11.2 Å². The van der Waals surface area contributed by atoms with Crippen molar-refractivity contribution in [2.24, 2.45) is 5.73 Å². The van der Waals surface area contributed by atoms with Gasteiger partial charge < -0.3 is 14.6 Å². The molecule has 100 valence electrons. The maximum atomic E-state index is 12.4. The normalized spacial score (nSPS) is 11.7. The highest BCUT2D eigenvalue weighted by molar-refractivity contribution is 7.99. The molecular formula is C14H14FNO2S. The third-order valence-electron chi connectivity index (χ3n) is 3.10. The predicted molar refractivity (Wildman–Crippen MR) is 75.4 cm³/mol. The standard InChI is InChI=1S/C14H14FNO2S/c15-4-8-19-14-11-3-7-17-12(11)9(1-5-16)10-2-6-18-13(10)14/h2-3,6-7H,1,4-5,8,16H2. The topological polar surface area (TPSA) is 52.3 Å². The Labute approximate surface area is 113 Å². The van der Waals surface area contributed by atoms with E-state index in [9.17, 15) is 4.39 Å². The van der Waals surface area contributed by atoms with Gasteiger partial charge in [0, 0.05) is 22.1 Å².